The molecule has 1 aromatic carbocycles. The number of nitrogens with one attached hydrogen (secondary N) is 1. The molecule has 1 aliphatic heterocycles. The number of rotatable bonds is 7. The van der Waals surface area contributed by atoms with Crippen LogP contribution in [0.25, 0.3) is 11.1 Å². The fourth-order valence-electron chi connectivity index (χ4n) is 3.60. The van der Waals surface area contributed by atoms with Crippen molar-refractivity contribution >= 4 is 28.6 Å². The van der Waals surface area contributed by atoms with Gasteiger partial charge < -0.3 is 14.6 Å². The zero-order valence-electron chi connectivity index (χ0n) is 15.7. The molecule has 2 aromatic rings. The molecule has 3 rings (SSSR count). The molecule has 1 amide bonds. The first-order valence-corrected chi connectivity index (χ1v) is 9.97. The van der Waals surface area contributed by atoms with Gasteiger partial charge in [-0.2, -0.15) is 0 Å². The van der Waals surface area contributed by atoms with Crippen LogP contribution >= 0.6 is 11.6 Å². The normalized spacial score (nSPS) is 16.3. The van der Waals surface area contributed by atoms with Gasteiger partial charge in [-0.15, -0.1) is 0 Å². The minimum Gasteiger partial charge on any atom is -0.441 e. The molecular formula is C20H28ClN3O2. The maximum Gasteiger partial charge on any atom is 0.224 e. The number of nitrogens with zero attached hydrogens (tertiary/aromatic N) is 2. The highest BCUT2D eigenvalue weighted by atomic mass is 35.5. The second-order valence-corrected chi connectivity index (χ2v) is 7.70. The first kappa shape index (κ1) is 19.2. The number of carbonyl (C=O) groups excluding carboxylic acids is 1. The standard InChI is InChI=1S/C20H28ClN3O2/c1-3-4-7-24-8-5-15(6-9-24)13-22-19(25)11-16-10-17(21)12-18-20(16)26-14(2)23-18/h10,12,15H,3-9,11,13H2,1-2H3,(H,22,25). The van der Waals surface area contributed by atoms with Crippen LogP contribution in [0.3, 0.4) is 0 Å². The average Bonchev–Trinajstić information content (AvgIpc) is 2.99. The molecule has 1 aliphatic rings. The summed E-state index contributed by atoms with van der Waals surface area (Å²) in [4.78, 5) is 19.2. The fraction of sp³-hybridized carbons (Fsp3) is 0.600. The Morgan fingerprint density at radius 2 is 2.15 bits per heavy atom. The Bertz CT molecular complexity index is 751. The zero-order valence-corrected chi connectivity index (χ0v) is 16.4. The SMILES string of the molecule is CCCCN1CCC(CNC(=O)Cc2cc(Cl)cc3nc(C)oc23)CC1. The van der Waals surface area contributed by atoms with E-state index in [0.29, 0.717) is 27.9 Å². The second-order valence-electron chi connectivity index (χ2n) is 7.27. The number of fused-ring (bicyclic) bond motifs is 1. The Balaban J connectivity index is 1.49. The van der Waals surface area contributed by atoms with E-state index in [1.54, 1.807) is 19.1 Å². The summed E-state index contributed by atoms with van der Waals surface area (Å²) in [7, 11) is 0. The molecule has 0 atom stereocenters. The van der Waals surface area contributed by atoms with Gasteiger partial charge in [0.25, 0.3) is 0 Å². The topological polar surface area (TPSA) is 58.4 Å². The third kappa shape index (κ3) is 4.98. The van der Waals surface area contributed by atoms with Gasteiger partial charge in [0.2, 0.25) is 5.91 Å². The third-order valence-corrected chi connectivity index (χ3v) is 5.33. The molecule has 5 nitrogen and oxygen atoms in total. The maximum absolute atomic E-state index is 12.4. The van der Waals surface area contributed by atoms with Crippen molar-refractivity contribution in [2.75, 3.05) is 26.2 Å². The number of hydrogen-bond donors (Lipinski definition) is 1. The Kier molecular flexibility index (Phi) is 6.54. The van der Waals surface area contributed by atoms with Gasteiger partial charge in [0, 0.05) is 24.1 Å². The molecule has 2 heterocycles. The molecule has 0 spiro atoms. The first-order valence-electron chi connectivity index (χ1n) is 9.59. The quantitative estimate of drug-likeness (QED) is 0.793. The van der Waals surface area contributed by atoms with Gasteiger partial charge in [-0.05, 0) is 56.9 Å². The van der Waals surface area contributed by atoms with Crippen LogP contribution in [0, 0.1) is 12.8 Å². The number of unbranched alkanes of at least 4 members (excludes halogenated alkanes) is 1. The lowest BCUT2D eigenvalue weighted by atomic mass is 9.96. The number of carbonyl (C=O) groups is 1. The van der Waals surface area contributed by atoms with Crippen LogP contribution in [0.15, 0.2) is 16.5 Å². The van der Waals surface area contributed by atoms with Gasteiger partial charge in [-0.3, -0.25) is 4.79 Å². The van der Waals surface area contributed by atoms with E-state index in [-0.39, 0.29) is 12.3 Å². The van der Waals surface area contributed by atoms with Crippen molar-refractivity contribution in [3.05, 3.63) is 28.6 Å². The molecule has 0 bridgehead atoms. The highest BCUT2D eigenvalue weighted by Gasteiger charge is 2.20. The Hall–Kier alpha value is -1.59. The summed E-state index contributed by atoms with van der Waals surface area (Å²) < 4.78 is 5.64. The number of oxazole rings is 1. The Labute approximate surface area is 160 Å². The Morgan fingerprint density at radius 1 is 1.38 bits per heavy atom. The van der Waals surface area contributed by atoms with E-state index in [1.807, 2.05) is 0 Å². The van der Waals surface area contributed by atoms with E-state index in [0.717, 1.165) is 38.0 Å². The highest BCUT2D eigenvalue weighted by Crippen LogP contribution is 2.25. The molecule has 0 saturated carbocycles. The summed E-state index contributed by atoms with van der Waals surface area (Å²) in [6.07, 6.45) is 5.11. The first-order chi connectivity index (χ1) is 12.5. The third-order valence-electron chi connectivity index (χ3n) is 5.11. The molecule has 0 aliphatic carbocycles. The van der Waals surface area contributed by atoms with Crippen molar-refractivity contribution in [1.29, 1.82) is 0 Å². The van der Waals surface area contributed by atoms with Gasteiger partial charge in [0.1, 0.15) is 5.52 Å². The molecule has 6 heteroatoms. The van der Waals surface area contributed by atoms with Crippen molar-refractivity contribution in [2.45, 2.75) is 46.0 Å². The van der Waals surface area contributed by atoms with E-state index in [9.17, 15) is 4.79 Å². The minimum absolute atomic E-state index is 0.0102. The van der Waals surface area contributed by atoms with Crippen molar-refractivity contribution < 1.29 is 9.21 Å². The molecule has 1 fully saturated rings. The van der Waals surface area contributed by atoms with Gasteiger partial charge >= 0.3 is 0 Å². The number of aryl methyl sites for hydroxylation is 1. The lowest BCUT2D eigenvalue weighted by Crippen LogP contribution is -2.39. The molecule has 0 unspecified atom stereocenters. The predicted octanol–water partition coefficient (Wildman–Crippen LogP) is 3.96. The van der Waals surface area contributed by atoms with Crippen molar-refractivity contribution in [3.8, 4) is 0 Å². The van der Waals surface area contributed by atoms with Crippen LogP contribution in [0.2, 0.25) is 5.02 Å². The molecule has 26 heavy (non-hydrogen) atoms. The minimum atomic E-state index is 0.0102. The molecule has 142 valence electrons. The second kappa shape index (κ2) is 8.87. The van der Waals surface area contributed by atoms with E-state index >= 15 is 0 Å². The van der Waals surface area contributed by atoms with Crippen LogP contribution in [0.4, 0.5) is 0 Å². The van der Waals surface area contributed by atoms with Crippen molar-refractivity contribution in [2.24, 2.45) is 5.92 Å². The smallest absolute Gasteiger partial charge is 0.224 e. The molecular weight excluding hydrogens is 350 g/mol. The number of likely N-dealkylation sites (tertiary alicyclic amines) is 1. The number of hydrogen-bond acceptors (Lipinski definition) is 4. The summed E-state index contributed by atoms with van der Waals surface area (Å²) in [6, 6.07) is 3.56. The zero-order chi connectivity index (χ0) is 18.5. The summed E-state index contributed by atoms with van der Waals surface area (Å²) in [6.45, 7) is 8.27. The Morgan fingerprint density at radius 3 is 2.88 bits per heavy atom. The average molecular weight is 378 g/mol. The van der Waals surface area contributed by atoms with Gasteiger partial charge in [0.05, 0.1) is 6.42 Å². The van der Waals surface area contributed by atoms with Crippen LogP contribution in [-0.2, 0) is 11.2 Å². The molecule has 1 aromatic heterocycles. The number of halogens is 1. The van der Waals surface area contributed by atoms with E-state index in [4.69, 9.17) is 16.0 Å². The number of benzene rings is 1. The molecule has 1 saturated heterocycles. The number of piperidine rings is 1. The lowest BCUT2D eigenvalue weighted by molar-refractivity contribution is -0.120. The highest BCUT2D eigenvalue weighted by molar-refractivity contribution is 6.31. The molecule has 1 N–H and O–H groups in total. The largest absolute Gasteiger partial charge is 0.441 e. The van der Waals surface area contributed by atoms with E-state index in [2.05, 4.69) is 22.1 Å². The molecule has 0 radical (unpaired) electrons. The van der Waals surface area contributed by atoms with Crippen molar-refractivity contribution in [3.63, 3.8) is 0 Å². The lowest BCUT2D eigenvalue weighted by Gasteiger charge is -2.31. The number of aromatic nitrogens is 1. The summed E-state index contributed by atoms with van der Waals surface area (Å²) in [5.41, 5.74) is 2.16. The monoisotopic (exact) mass is 377 g/mol. The maximum atomic E-state index is 12.4. The predicted molar refractivity (Wildman–Crippen MR) is 105 cm³/mol. The van der Waals surface area contributed by atoms with Crippen LogP contribution in [0.1, 0.15) is 44.1 Å². The van der Waals surface area contributed by atoms with E-state index in [1.165, 1.54) is 19.4 Å². The summed E-state index contributed by atoms with van der Waals surface area (Å²) in [5.74, 6) is 1.17. The van der Waals surface area contributed by atoms with Crippen molar-refractivity contribution in [1.82, 2.24) is 15.2 Å². The van der Waals surface area contributed by atoms with Crippen LogP contribution < -0.4 is 5.32 Å². The summed E-state index contributed by atoms with van der Waals surface area (Å²) in [5, 5.41) is 3.66. The van der Waals surface area contributed by atoms with Crippen LogP contribution in [0.5, 0.6) is 0 Å². The van der Waals surface area contributed by atoms with Gasteiger partial charge in [-0.25, -0.2) is 4.98 Å². The van der Waals surface area contributed by atoms with Gasteiger partial charge in [-0.1, -0.05) is 24.9 Å². The fourth-order valence-corrected chi connectivity index (χ4v) is 3.83. The van der Waals surface area contributed by atoms with E-state index < -0.39 is 0 Å². The van der Waals surface area contributed by atoms with Gasteiger partial charge in [0.15, 0.2) is 11.5 Å². The van der Waals surface area contributed by atoms with Crippen LogP contribution in [-0.4, -0.2) is 42.0 Å². The summed E-state index contributed by atoms with van der Waals surface area (Å²) >= 11 is 6.15. The number of amides is 1.